The van der Waals surface area contributed by atoms with Crippen LogP contribution in [0.2, 0.25) is 0 Å². The van der Waals surface area contributed by atoms with Crippen LogP contribution in [0.4, 0.5) is 5.69 Å². The van der Waals surface area contributed by atoms with E-state index >= 15 is 0 Å². The largest absolute Gasteiger partial charge is 0.296 e. The molecular formula is C8H8N2O3S. The van der Waals surface area contributed by atoms with Crippen molar-refractivity contribution in [2.24, 2.45) is 0 Å². The molecule has 0 fully saturated rings. The number of amides is 1. The van der Waals surface area contributed by atoms with E-state index in [1.54, 1.807) is 6.26 Å². The molecule has 0 bridgehead atoms. The highest BCUT2D eigenvalue weighted by atomic mass is 32.2. The molecule has 1 aromatic carbocycles. The zero-order valence-electron chi connectivity index (χ0n) is 7.39. The Hall–Kier alpha value is -1.56. The van der Waals surface area contributed by atoms with Gasteiger partial charge in [-0.25, -0.2) is 0 Å². The molecule has 0 unspecified atom stereocenters. The van der Waals surface area contributed by atoms with Crippen molar-refractivity contribution in [1.29, 1.82) is 0 Å². The highest BCUT2D eigenvalue weighted by Gasteiger charge is 2.10. The van der Waals surface area contributed by atoms with E-state index in [2.05, 4.69) is 4.72 Å². The number of benzene rings is 1. The summed E-state index contributed by atoms with van der Waals surface area (Å²) in [6.45, 7) is 0. The van der Waals surface area contributed by atoms with Crippen LogP contribution in [-0.4, -0.2) is 17.1 Å². The van der Waals surface area contributed by atoms with Gasteiger partial charge in [0.15, 0.2) is 0 Å². The number of hydrogen-bond acceptors (Lipinski definition) is 4. The molecule has 0 aliphatic heterocycles. The van der Waals surface area contributed by atoms with Crippen molar-refractivity contribution < 1.29 is 9.72 Å². The Kier molecular flexibility index (Phi) is 3.47. The molecule has 0 radical (unpaired) electrons. The van der Waals surface area contributed by atoms with Gasteiger partial charge in [0.2, 0.25) is 0 Å². The van der Waals surface area contributed by atoms with E-state index < -0.39 is 4.92 Å². The molecule has 6 heteroatoms. The van der Waals surface area contributed by atoms with Gasteiger partial charge in [-0.05, 0) is 6.07 Å². The van der Waals surface area contributed by atoms with Crippen molar-refractivity contribution in [3.05, 3.63) is 39.9 Å². The van der Waals surface area contributed by atoms with Crippen molar-refractivity contribution in [2.75, 3.05) is 6.26 Å². The van der Waals surface area contributed by atoms with Crippen molar-refractivity contribution >= 4 is 23.5 Å². The van der Waals surface area contributed by atoms with Crippen LogP contribution in [0.25, 0.3) is 0 Å². The lowest BCUT2D eigenvalue weighted by Gasteiger charge is -2.00. The van der Waals surface area contributed by atoms with Crippen LogP contribution < -0.4 is 4.72 Å². The van der Waals surface area contributed by atoms with Gasteiger partial charge in [0.05, 0.1) is 4.92 Å². The Morgan fingerprint density at radius 1 is 1.57 bits per heavy atom. The van der Waals surface area contributed by atoms with Crippen molar-refractivity contribution in [3.63, 3.8) is 0 Å². The minimum atomic E-state index is -0.532. The molecular weight excluding hydrogens is 204 g/mol. The van der Waals surface area contributed by atoms with E-state index in [1.807, 2.05) is 0 Å². The maximum atomic E-state index is 11.3. The molecule has 14 heavy (non-hydrogen) atoms. The molecule has 0 aliphatic rings. The van der Waals surface area contributed by atoms with Gasteiger partial charge in [0, 0.05) is 24.0 Å². The van der Waals surface area contributed by atoms with Gasteiger partial charge in [-0.1, -0.05) is 18.0 Å². The number of hydrogen-bond donors (Lipinski definition) is 1. The van der Waals surface area contributed by atoms with E-state index in [1.165, 1.54) is 24.3 Å². The number of nitro benzene ring substituents is 1. The lowest BCUT2D eigenvalue weighted by Crippen LogP contribution is -2.15. The molecule has 0 atom stereocenters. The van der Waals surface area contributed by atoms with Gasteiger partial charge < -0.3 is 0 Å². The molecule has 1 rings (SSSR count). The first-order chi connectivity index (χ1) is 6.65. The third-order valence-corrected chi connectivity index (χ3v) is 1.90. The predicted octanol–water partition coefficient (Wildman–Crippen LogP) is 1.60. The molecule has 0 saturated carbocycles. The van der Waals surface area contributed by atoms with E-state index in [4.69, 9.17) is 0 Å². The summed E-state index contributed by atoms with van der Waals surface area (Å²) < 4.78 is 2.48. The summed E-state index contributed by atoms with van der Waals surface area (Å²) >= 11 is 1.15. The maximum absolute atomic E-state index is 11.3. The fraction of sp³-hybridized carbons (Fsp3) is 0.125. The Morgan fingerprint density at radius 2 is 2.29 bits per heavy atom. The molecule has 74 valence electrons. The quantitative estimate of drug-likeness (QED) is 0.469. The van der Waals surface area contributed by atoms with Gasteiger partial charge in [0.25, 0.3) is 11.6 Å². The average molecular weight is 212 g/mol. The lowest BCUT2D eigenvalue weighted by molar-refractivity contribution is -0.384. The second-order valence-corrected chi connectivity index (χ2v) is 3.06. The van der Waals surface area contributed by atoms with Crippen molar-refractivity contribution in [2.45, 2.75) is 0 Å². The van der Waals surface area contributed by atoms with Crippen LogP contribution in [-0.2, 0) is 0 Å². The molecule has 0 aliphatic carbocycles. The minimum absolute atomic E-state index is 0.0845. The fourth-order valence-corrected chi connectivity index (χ4v) is 1.22. The van der Waals surface area contributed by atoms with E-state index in [0.717, 1.165) is 11.9 Å². The summed E-state index contributed by atoms with van der Waals surface area (Å²) in [4.78, 5) is 21.1. The minimum Gasteiger partial charge on any atom is -0.296 e. The van der Waals surface area contributed by atoms with Crippen LogP contribution in [0.15, 0.2) is 24.3 Å². The normalized spacial score (nSPS) is 9.50. The van der Waals surface area contributed by atoms with Crippen LogP contribution in [0, 0.1) is 10.1 Å². The zero-order chi connectivity index (χ0) is 10.6. The first-order valence-corrected chi connectivity index (χ1v) is 4.95. The molecule has 0 saturated heterocycles. The summed E-state index contributed by atoms with van der Waals surface area (Å²) in [5, 5.41) is 10.4. The predicted molar refractivity (Wildman–Crippen MR) is 54.1 cm³/mol. The molecule has 0 aromatic heterocycles. The number of nitrogens with zero attached hydrogens (tertiary/aromatic N) is 1. The Bertz CT molecular complexity index is 367. The smallest absolute Gasteiger partial charge is 0.270 e. The van der Waals surface area contributed by atoms with Gasteiger partial charge in [-0.2, -0.15) is 0 Å². The van der Waals surface area contributed by atoms with Crippen LogP contribution >= 0.6 is 11.9 Å². The van der Waals surface area contributed by atoms with E-state index in [9.17, 15) is 14.9 Å². The van der Waals surface area contributed by atoms with Crippen LogP contribution in [0.5, 0.6) is 0 Å². The molecule has 1 N–H and O–H groups in total. The first-order valence-electron chi connectivity index (χ1n) is 3.73. The highest BCUT2D eigenvalue weighted by molar-refractivity contribution is 7.97. The summed E-state index contributed by atoms with van der Waals surface area (Å²) in [7, 11) is 0. The second kappa shape index (κ2) is 4.61. The standard InChI is InChI=1S/C8H8N2O3S/c1-14-9-8(11)6-3-2-4-7(5-6)10(12)13/h2-5H,1H3,(H,9,11). The monoisotopic (exact) mass is 212 g/mol. The molecule has 0 heterocycles. The number of rotatable bonds is 3. The second-order valence-electron chi connectivity index (χ2n) is 2.44. The van der Waals surface area contributed by atoms with E-state index in [-0.39, 0.29) is 17.2 Å². The summed E-state index contributed by atoms with van der Waals surface area (Å²) in [5.41, 5.74) is 0.201. The Morgan fingerprint density at radius 3 is 2.86 bits per heavy atom. The SMILES string of the molecule is CSNC(=O)c1cccc([N+](=O)[O-])c1. The van der Waals surface area contributed by atoms with Crippen molar-refractivity contribution in [3.8, 4) is 0 Å². The third kappa shape index (κ3) is 2.46. The van der Waals surface area contributed by atoms with Gasteiger partial charge in [-0.3, -0.25) is 19.6 Å². The molecule has 1 amide bonds. The zero-order valence-corrected chi connectivity index (χ0v) is 8.21. The average Bonchev–Trinajstić information content (AvgIpc) is 2.18. The third-order valence-electron chi connectivity index (χ3n) is 1.51. The van der Waals surface area contributed by atoms with Gasteiger partial charge in [-0.15, -0.1) is 0 Å². The van der Waals surface area contributed by atoms with Crippen LogP contribution in [0.1, 0.15) is 10.4 Å². The number of non-ortho nitro benzene ring substituents is 1. The number of carbonyl (C=O) groups excluding carboxylic acids is 1. The molecule has 5 nitrogen and oxygen atoms in total. The number of carbonyl (C=O) groups is 1. The van der Waals surface area contributed by atoms with Crippen molar-refractivity contribution in [1.82, 2.24) is 4.72 Å². The highest BCUT2D eigenvalue weighted by Crippen LogP contribution is 2.13. The lowest BCUT2D eigenvalue weighted by atomic mass is 10.2. The number of nitro groups is 1. The summed E-state index contributed by atoms with van der Waals surface area (Å²) in [5.74, 6) is -0.332. The maximum Gasteiger partial charge on any atom is 0.270 e. The number of nitrogens with one attached hydrogen (secondary N) is 1. The summed E-state index contributed by atoms with van der Waals surface area (Å²) in [6.07, 6.45) is 1.70. The molecule has 1 aromatic rings. The Balaban J connectivity index is 2.93. The van der Waals surface area contributed by atoms with Gasteiger partial charge >= 0.3 is 0 Å². The van der Waals surface area contributed by atoms with Crippen LogP contribution in [0.3, 0.4) is 0 Å². The fourth-order valence-electron chi connectivity index (χ4n) is 0.912. The Labute approximate surface area is 84.8 Å². The molecule has 0 spiro atoms. The summed E-state index contributed by atoms with van der Waals surface area (Å²) in [6, 6.07) is 5.59. The van der Waals surface area contributed by atoms with Gasteiger partial charge in [0.1, 0.15) is 0 Å². The van der Waals surface area contributed by atoms with E-state index in [0.29, 0.717) is 0 Å². The topological polar surface area (TPSA) is 72.2 Å². The first kappa shape index (κ1) is 10.5.